The largest absolute Gasteiger partial charge is 0.336 e. The molecule has 2 aromatic rings. The third-order valence-corrected chi connectivity index (χ3v) is 6.99. The summed E-state index contributed by atoms with van der Waals surface area (Å²) in [6.45, 7) is 3.32. The molecule has 3 rings (SSSR count). The molecule has 6 nitrogen and oxygen atoms in total. The lowest BCUT2D eigenvalue weighted by molar-refractivity contribution is 0.252. The van der Waals surface area contributed by atoms with Crippen molar-refractivity contribution in [2.45, 2.75) is 17.6 Å². The van der Waals surface area contributed by atoms with Crippen LogP contribution >= 0.6 is 11.3 Å². The van der Waals surface area contributed by atoms with Crippen LogP contribution in [0.1, 0.15) is 17.4 Å². The number of nitrogens with one attached hydrogen (secondary N) is 2. The van der Waals surface area contributed by atoms with E-state index in [0.29, 0.717) is 17.3 Å². The minimum Gasteiger partial charge on any atom is -0.336 e. The minimum atomic E-state index is -3.51. The molecule has 0 bridgehead atoms. The van der Waals surface area contributed by atoms with E-state index in [4.69, 9.17) is 0 Å². The molecule has 0 spiro atoms. The summed E-state index contributed by atoms with van der Waals surface area (Å²) in [4.78, 5) is 14.3. The second-order valence-electron chi connectivity index (χ2n) is 5.63. The number of amides is 2. The fraction of sp³-hybridized carbons (Fsp3) is 0.278. The molecule has 0 atom stereocenters. The quantitative estimate of drug-likeness (QED) is 0.770. The van der Waals surface area contributed by atoms with Gasteiger partial charge in [0.25, 0.3) is 10.0 Å². The Bertz CT molecular complexity index is 954. The van der Waals surface area contributed by atoms with Gasteiger partial charge in [-0.3, -0.25) is 4.90 Å². The number of benzene rings is 1. The summed E-state index contributed by atoms with van der Waals surface area (Å²) < 4.78 is 27.2. The molecule has 1 saturated heterocycles. The molecule has 1 aromatic heterocycles. The number of hydrogen-bond donors (Lipinski definition) is 2. The molecule has 1 aromatic carbocycles. The Kier molecular flexibility index (Phi) is 5.61. The molecule has 1 aliphatic rings. The molecule has 0 unspecified atom stereocenters. The molecule has 0 aliphatic carbocycles. The Morgan fingerprint density at radius 3 is 2.62 bits per heavy atom. The van der Waals surface area contributed by atoms with Gasteiger partial charge in [-0.2, -0.15) is 4.72 Å². The number of aryl methyl sites for hydroxylation is 1. The van der Waals surface area contributed by atoms with Gasteiger partial charge in [0.1, 0.15) is 4.21 Å². The van der Waals surface area contributed by atoms with Crippen LogP contribution in [0.2, 0.25) is 0 Å². The Morgan fingerprint density at radius 1 is 1.23 bits per heavy atom. The summed E-state index contributed by atoms with van der Waals surface area (Å²) in [5.41, 5.74) is 1.58. The van der Waals surface area contributed by atoms with Gasteiger partial charge < -0.3 is 5.32 Å². The summed E-state index contributed by atoms with van der Waals surface area (Å²) >= 11 is 1.27. The minimum absolute atomic E-state index is 0.0397. The molecule has 1 fully saturated rings. The first-order valence-corrected chi connectivity index (χ1v) is 10.5. The zero-order valence-electron chi connectivity index (χ0n) is 14.3. The van der Waals surface area contributed by atoms with Crippen molar-refractivity contribution in [3.63, 3.8) is 0 Å². The van der Waals surface area contributed by atoms with E-state index >= 15 is 0 Å². The standard InChI is InChI=1S/C18H19N3O3S2/c1-2-16-9-10-17(25-16)26(23,24)20-11-3-4-14-5-7-15(8-6-14)21-13-12-19-18(21)22/h5-10,20H,2,11-13H2,1H3,(H,19,22). The maximum absolute atomic E-state index is 12.2. The summed E-state index contributed by atoms with van der Waals surface area (Å²) in [5.74, 6) is 5.74. The first-order chi connectivity index (χ1) is 12.5. The van der Waals surface area contributed by atoms with Crippen LogP contribution in [0, 0.1) is 11.8 Å². The van der Waals surface area contributed by atoms with Gasteiger partial charge in [-0.05, 0) is 42.8 Å². The lowest BCUT2D eigenvalue weighted by Gasteiger charge is -2.13. The monoisotopic (exact) mass is 389 g/mol. The van der Waals surface area contributed by atoms with Crippen LogP contribution in [-0.2, 0) is 16.4 Å². The van der Waals surface area contributed by atoms with Crippen LogP contribution in [0.5, 0.6) is 0 Å². The number of urea groups is 1. The van der Waals surface area contributed by atoms with E-state index in [1.165, 1.54) is 11.3 Å². The van der Waals surface area contributed by atoms with Crippen molar-refractivity contribution in [2.24, 2.45) is 0 Å². The zero-order valence-corrected chi connectivity index (χ0v) is 15.9. The molecule has 26 heavy (non-hydrogen) atoms. The number of carbonyl (C=O) groups is 1. The van der Waals surface area contributed by atoms with Crippen molar-refractivity contribution in [1.29, 1.82) is 0 Å². The number of anilines is 1. The van der Waals surface area contributed by atoms with Crippen molar-refractivity contribution in [3.8, 4) is 11.8 Å². The van der Waals surface area contributed by atoms with Gasteiger partial charge in [0, 0.05) is 29.2 Å². The third kappa shape index (κ3) is 4.25. The highest BCUT2D eigenvalue weighted by molar-refractivity contribution is 7.91. The van der Waals surface area contributed by atoms with Crippen molar-refractivity contribution in [1.82, 2.24) is 10.0 Å². The van der Waals surface area contributed by atoms with Gasteiger partial charge in [0.15, 0.2) is 0 Å². The van der Waals surface area contributed by atoms with Crippen LogP contribution in [0.15, 0.2) is 40.6 Å². The Hall–Kier alpha value is -2.34. The van der Waals surface area contributed by atoms with E-state index in [1.807, 2.05) is 37.3 Å². The van der Waals surface area contributed by atoms with E-state index in [2.05, 4.69) is 21.9 Å². The van der Waals surface area contributed by atoms with Gasteiger partial charge in [0.2, 0.25) is 0 Å². The van der Waals surface area contributed by atoms with Crippen LogP contribution < -0.4 is 14.9 Å². The van der Waals surface area contributed by atoms with Gasteiger partial charge in [-0.25, -0.2) is 13.2 Å². The summed E-state index contributed by atoms with van der Waals surface area (Å²) in [6, 6.07) is 10.6. The molecule has 0 saturated carbocycles. The Balaban J connectivity index is 1.58. The van der Waals surface area contributed by atoms with Crippen molar-refractivity contribution in [3.05, 3.63) is 46.8 Å². The molecular weight excluding hydrogens is 370 g/mol. The normalized spacial score (nSPS) is 14.0. The van der Waals surface area contributed by atoms with E-state index in [9.17, 15) is 13.2 Å². The molecule has 0 radical (unpaired) electrons. The van der Waals surface area contributed by atoms with E-state index in [-0.39, 0.29) is 12.6 Å². The van der Waals surface area contributed by atoms with Crippen molar-refractivity contribution < 1.29 is 13.2 Å². The SMILES string of the molecule is CCc1ccc(S(=O)(=O)NCC#Cc2ccc(N3CCNC3=O)cc2)s1. The highest BCUT2D eigenvalue weighted by Crippen LogP contribution is 2.21. The average molecular weight is 390 g/mol. The van der Waals surface area contributed by atoms with Crippen molar-refractivity contribution >= 4 is 33.1 Å². The molecule has 2 N–H and O–H groups in total. The van der Waals surface area contributed by atoms with Gasteiger partial charge in [-0.1, -0.05) is 18.8 Å². The second kappa shape index (κ2) is 7.91. The first-order valence-electron chi connectivity index (χ1n) is 8.22. The lowest BCUT2D eigenvalue weighted by atomic mass is 10.2. The number of nitrogens with zero attached hydrogens (tertiary/aromatic N) is 1. The van der Waals surface area contributed by atoms with Gasteiger partial charge in [0.05, 0.1) is 6.54 Å². The topological polar surface area (TPSA) is 78.5 Å². The predicted octanol–water partition coefficient (Wildman–Crippen LogP) is 2.17. The highest BCUT2D eigenvalue weighted by Gasteiger charge is 2.20. The van der Waals surface area contributed by atoms with Crippen molar-refractivity contribution in [2.75, 3.05) is 24.5 Å². The summed E-state index contributed by atoms with van der Waals surface area (Å²) in [6.07, 6.45) is 0.815. The number of hydrogen-bond acceptors (Lipinski definition) is 4. The summed E-state index contributed by atoms with van der Waals surface area (Å²) in [7, 11) is -3.51. The lowest BCUT2D eigenvalue weighted by Crippen LogP contribution is -2.27. The number of carbonyl (C=O) groups excluding carboxylic acids is 1. The predicted molar refractivity (Wildman–Crippen MR) is 103 cm³/mol. The Labute approximate surface area is 157 Å². The fourth-order valence-corrected chi connectivity index (χ4v) is 4.75. The third-order valence-electron chi connectivity index (χ3n) is 3.87. The second-order valence-corrected chi connectivity index (χ2v) is 8.79. The van der Waals surface area contributed by atoms with Gasteiger partial charge in [-0.15, -0.1) is 11.3 Å². The average Bonchev–Trinajstić information content (AvgIpc) is 3.28. The number of rotatable bonds is 5. The molecule has 136 valence electrons. The number of sulfonamides is 1. The van der Waals surface area contributed by atoms with E-state index in [1.54, 1.807) is 11.0 Å². The van der Waals surface area contributed by atoms with E-state index in [0.717, 1.165) is 22.5 Å². The Morgan fingerprint density at radius 2 is 2.00 bits per heavy atom. The van der Waals surface area contributed by atoms with Crippen LogP contribution in [0.25, 0.3) is 0 Å². The molecular formula is C18H19N3O3S2. The molecule has 2 heterocycles. The maximum atomic E-state index is 12.2. The van der Waals surface area contributed by atoms with E-state index < -0.39 is 10.0 Å². The molecule has 1 aliphatic heterocycles. The molecule has 2 amide bonds. The first kappa shape index (κ1) is 18.5. The zero-order chi connectivity index (χ0) is 18.6. The molecule has 8 heteroatoms. The van der Waals surface area contributed by atoms with Crippen LogP contribution in [0.3, 0.4) is 0 Å². The smallest absolute Gasteiger partial charge is 0.321 e. The fourth-order valence-electron chi connectivity index (χ4n) is 2.48. The summed E-state index contributed by atoms with van der Waals surface area (Å²) in [5, 5.41) is 2.75. The number of thiophene rings is 1. The van der Waals surface area contributed by atoms with Gasteiger partial charge >= 0.3 is 6.03 Å². The maximum Gasteiger partial charge on any atom is 0.321 e. The van der Waals surface area contributed by atoms with Crippen LogP contribution in [0.4, 0.5) is 10.5 Å². The van der Waals surface area contributed by atoms with Crippen LogP contribution in [-0.4, -0.2) is 34.1 Å². The highest BCUT2D eigenvalue weighted by atomic mass is 32.2.